The van der Waals surface area contributed by atoms with E-state index in [0.29, 0.717) is 0 Å². The molecule has 3 aromatic carbocycles. The van der Waals surface area contributed by atoms with Crippen molar-refractivity contribution in [1.29, 1.82) is 0 Å². The zero-order chi connectivity index (χ0) is 15.9. The second-order valence-corrected chi connectivity index (χ2v) is 6.76. The lowest BCUT2D eigenvalue weighted by Crippen LogP contribution is -1.95. The fourth-order valence-electron chi connectivity index (χ4n) is 3.14. The molecule has 0 amide bonds. The van der Waals surface area contributed by atoms with E-state index in [1.54, 1.807) is 11.3 Å². The van der Waals surface area contributed by atoms with Gasteiger partial charge in [0, 0.05) is 5.39 Å². The molecule has 114 valence electrons. The van der Waals surface area contributed by atoms with Gasteiger partial charge in [0.1, 0.15) is 0 Å². The first kappa shape index (κ1) is 13.5. The summed E-state index contributed by atoms with van der Waals surface area (Å²) in [5.41, 5.74) is 4.62. The number of benzene rings is 3. The monoisotopic (exact) mass is 326 g/mol. The Balaban J connectivity index is 1.86. The normalized spacial score (nSPS) is 11.3. The lowest BCUT2D eigenvalue weighted by atomic mass is 10.1. The van der Waals surface area contributed by atoms with Gasteiger partial charge in [-0.2, -0.15) is 0 Å². The van der Waals surface area contributed by atoms with Gasteiger partial charge in [0.2, 0.25) is 0 Å². The molecule has 0 unspecified atom stereocenters. The largest absolute Gasteiger partial charge is 0.285 e. The molecule has 0 spiro atoms. The maximum atomic E-state index is 4.87. The molecule has 24 heavy (non-hydrogen) atoms. The molecule has 2 aromatic heterocycles. The highest BCUT2D eigenvalue weighted by molar-refractivity contribution is 7.20. The van der Waals surface area contributed by atoms with E-state index in [2.05, 4.69) is 77.4 Å². The summed E-state index contributed by atoms with van der Waals surface area (Å²) in [5, 5.41) is 2.24. The number of fused-ring (bicyclic) bond motifs is 2. The van der Waals surface area contributed by atoms with Crippen LogP contribution in [0.15, 0.2) is 84.9 Å². The van der Waals surface area contributed by atoms with Crippen LogP contribution in [0.3, 0.4) is 0 Å². The minimum atomic E-state index is 1.01. The molecule has 0 saturated carbocycles. The lowest BCUT2D eigenvalue weighted by Gasteiger charge is -2.07. The molecule has 2 nitrogen and oxygen atoms in total. The van der Waals surface area contributed by atoms with Crippen LogP contribution < -0.4 is 0 Å². The number of nitrogens with zero attached hydrogens (tertiary/aromatic N) is 2. The van der Waals surface area contributed by atoms with Crippen molar-refractivity contribution in [3.05, 3.63) is 84.9 Å². The second-order valence-electron chi connectivity index (χ2n) is 5.75. The number of hydrogen-bond acceptors (Lipinski definition) is 2. The first-order valence-electron chi connectivity index (χ1n) is 7.92. The van der Waals surface area contributed by atoms with E-state index in [1.807, 2.05) is 12.1 Å². The number of hydrogen-bond donors (Lipinski definition) is 0. The van der Waals surface area contributed by atoms with E-state index in [1.165, 1.54) is 26.9 Å². The Morgan fingerprint density at radius 2 is 1.50 bits per heavy atom. The Hall–Kier alpha value is -2.91. The molecular formula is C21H14N2S. The van der Waals surface area contributed by atoms with Crippen molar-refractivity contribution in [2.45, 2.75) is 0 Å². The Morgan fingerprint density at radius 1 is 0.750 bits per heavy atom. The lowest BCUT2D eigenvalue weighted by molar-refractivity contribution is 1.11. The smallest absolute Gasteiger partial charge is 0.195 e. The SMILES string of the molecule is c1ccc(-c2cc3ccccc3n2-c2nc3ccccc3s2)cc1. The zero-order valence-electron chi connectivity index (χ0n) is 12.9. The molecule has 0 N–H and O–H groups in total. The van der Waals surface area contributed by atoms with Crippen LogP contribution in [-0.2, 0) is 0 Å². The molecule has 5 rings (SSSR count). The summed E-state index contributed by atoms with van der Waals surface area (Å²) >= 11 is 1.73. The zero-order valence-corrected chi connectivity index (χ0v) is 13.7. The minimum absolute atomic E-state index is 1.01. The van der Waals surface area contributed by atoms with Gasteiger partial charge in [-0.1, -0.05) is 72.0 Å². The van der Waals surface area contributed by atoms with E-state index >= 15 is 0 Å². The van der Waals surface area contributed by atoms with Crippen molar-refractivity contribution in [1.82, 2.24) is 9.55 Å². The number of aromatic nitrogens is 2. The molecular weight excluding hydrogens is 312 g/mol. The second kappa shape index (κ2) is 5.32. The Bertz CT molecular complexity index is 1120. The molecule has 5 aromatic rings. The molecule has 0 radical (unpaired) electrons. The van der Waals surface area contributed by atoms with Gasteiger partial charge in [0.05, 0.1) is 21.4 Å². The predicted octanol–water partition coefficient (Wildman–Crippen LogP) is 5.91. The van der Waals surface area contributed by atoms with Gasteiger partial charge in [-0.3, -0.25) is 4.57 Å². The molecule has 2 heterocycles. The third-order valence-corrected chi connectivity index (χ3v) is 5.28. The van der Waals surface area contributed by atoms with Crippen molar-refractivity contribution >= 4 is 32.5 Å². The highest BCUT2D eigenvalue weighted by Gasteiger charge is 2.15. The highest BCUT2D eigenvalue weighted by Crippen LogP contribution is 2.34. The fourth-order valence-corrected chi connectivity index (χ4v) is 4.13. The van der Waals surface area contributed by atoms with E-state index in [-0.39, 0.29) is 0 Å². The van der Waals surface area contributed by atoms with Crippen LogP contribution in [0.5, 0.6) is 0 Å². The van der Waals surface area contributed by atoms with Crippen molar-refractivity contribution in [3.8, 4) is 16.4 Å². The predicted molar refractivity (Wildman–Crippen MR) is 102 cm³/mol. The van der Waals surface area contributed by atoms with Gasteiger partial charge in [-0.05, 0) is 29.8 Å². The van der Waals surface area contributed by atoms with E-state index in [9.17, 15) is 0 Å². The average molecular weight is 326 g/mol. The van der Waals surface area contributed by atoms with Gasteiger partial charge in [0.15, 0.2) is 5.13 Å². The summed E-state index contributed by atoms with van der Waals surface area (Å²) in [5.74, 6) is 0. The van der Waals surface area contributed by atoms with E-state index in [0.717, 1.165) is 10.6 Å². The third kappa shape index (κ3) is 2.06. The molecule has 0 fully saturated rings. The molecule has 0 aliphatic heterocycles. The van der Waals surface area contributed by atoms with Crippen LogP contribution >= 0.6 is 11.3 Å². The standard InChI is InChI=1S/C21H14N2S/c1-2-8-15(9-3-1)19-14-16-10-4-6-12-18(16)23(19)21-22-17-11-5-7-13-20(17)24-21/h1-14H. The van der Waals surface area contributed by atoms with Crippen LogP contribution in [0.4, 0.5) is 0 Å². The molecule has 0 saturated heterocycles. The summed E-state index contributed by atoms with van der Waals surface area (Å²) < 4.78 is 3.49. The Morgan fingerprint density at radius 3 is 2.38 bits per heavy atom. The van der Waals surface area contributed by atoms with Crippen LogP contribution in [0.25, 0.3) is 37.5 Å². The Kier molecular flexibility index (Phi) is 3.00. The maximum Gasteiger partial charge on any atom is 0.195 e. The average Bonchev–Trinajstić information content (AvgIpc) is 3.23. The first-order chi connectivity index (χ1) is 11.9. The third-order valence-electron chi connectivity index (χ3n) is 4.25. The summed E-state index contributed by atoms with van der Waals surface area (Å²) in [6.45, 7) is 0. The van der Waals surface area contributed by atoms with Gasteiger partial charge >= 0.3 is 0 Å². The summed E-state index contributed by atoms with van der Waals surface area (Å²) in [7, 11) is 0. The van der Waals surface area contributed by atoms with Crippen molar-refractivity contribution in [2.75, 3.05) is 0 Å². The quantitative estimate of drug-likeness (QED) is 0.394. The summed E-state index contributed by atoms with van der Waals surface area (Å²) in [4.78, 5) is 4.87. The van der Waals surface area contributed by atoms with Crippen molar-refractivity contribution in [3.63, 3.8) is 0 Å². The highest BCUT2D eigenvalue weighted by atomic mass is 32.1. The van der Waals surface area contributed by atoms with Crippen LogP contribution in [0.1, 0.15) is 0 Å². The number of thiazole rings is 1. The maximum absolute atomic E-state index is 4.87. The fraction of sp³-hybridized carbons (Fsp3) is 0. The molecule has 3 heteroatoms. The minimum Gasteiger partial charge on any atom is -0.285 e. The molecule has 0 bridgehead atoms. The van der Waals surface area contributed by atoms with Crippen LogP contribution in [0.2, 0.25) is 0 Å². The Labute approximate surface area is 143 Å². The van der Waals surface area contributed by atoms with Crippen molar-refractivity contribution in [2.24, 2.45) is 0 Å². The molecule has 0 aliphatic carbocycles. The first-order valence-corrected chi connectivity index (χ1v) is 8.74. The van der Waals surface area contributed by atoms with Gasteiger partial charge in [-0.15, -0.1) is 0 Å². The summed E-state index contributed by atoms with van der Waals surface area (Å²) in [6.07, 6.45) is 0. The van der Waals surface area contributed by atoms with Gasteiger partial charge in [-0.25, -0.2) is 4.98 Å². The summed E-state index contributed by atoms with van der Waals surface area (Å²) in [6, 6.07) is 29.5. The molecule has 0 aliphatic rings. The van der Waals surface area contributed by atoms with Crippen LogP contribution in [-0.4, -0.2) is 9.55 Å². The van der Waals surface area contributed by atoms with Crippen molar-refractivity contribution < 1.29 is 0 Å². The number of para-hydroxylation sites is 2. The van der Waals surface area contributed by atoms with E-state index < -0.39 is 0 Å². The van der Waals surface area contributed by atoms with E-state index in [4.69, 9.17) is 4.98 Å². The van der Waals surface area contributed by atoms with Gasteiger partial charge in [0.25, 0.3) is 0 Å². The van der Waals surface area contributed by atoms with Crippen LogP contribution in [0, 0.1) is 0 Å². The topological polar surface area (TPSA) is 17.8 Å². The molecule has 0 atom stereocenters. The van der Waals surface area contributed by atoms with Gasteiger partial charge < -0.3 is 0 Å². The number of rotatable bonds is 2.